The molecule has 1 atom stereocenters. The molecule has 0 fully saturated rings. The monoisotopic (exact) mass is 424 g/mol. The van der Waals surface area contributed by atoms with Crippen LogP contribution in [0, 0.1) is 11.3 Å². The van der Waals surface area contributed by atoms with Crippen LogP contribution in [-0.2, 0) is 12.8 Å². The molecule has 0 saturated heterocycles. The van der Waals surface area contributed by atoms with Crippen molar-refractivity contribution >= 4 is 51.4 Å². The average molecular weight is 425 g/mol. The highest BCUT2D eigenvalue weighted by Gasteiger charge is 2.33. The van der Waals surface area contributed by atoms with Gasteiger partial charge in [-0.2, -0.15) is 0 Å². The van der Waals surface area contributed by atoms with Crippen molar-refractivity contribution in [1.29, 1.82) is 0 Å². The summed E-state index contributed by atoms with van der Waals surface area (Å²) in [7, 11) is 0. The first-order chi connectivity index (χ1) is 12.6. The molecule has 0 saturated carbocycles. The highest BCUT2D eigenvalue weighted by atomic mass is 35.5. The Kier molecular flexibility index (Phi) is 5.57. The van der Waals surface area contributed by atoms with Crippen molar-refractivity contribution in [3.8, 4) is 0 Å². The van der Waals surface area contributed by atoms with E-state index < -0.39 is 5.91 Å². The molecule has 3 rings (SSSR count). The second-order valence-corrected chi connectivity index (χ2v) is 9.88. The summed E-state index contributed by atoms with van der Waals surface area (Å²) in [6.07, 6.45) is 2.70. The molecule has 1 heterocycles. The van der Waals surface area contributed by atoms with Crippen LogP contribution in [0.25, 0.3) is 0 Å². The van der Waals surface area contributed by atoms with E-state index in [1.54, 1.807) is 12.1 Å². The topological polar surface area (TPSA) is 72.2 Å². The number of amides is 2. The van der Waals surface area contributed by atoms with E-state index in [9.17, 15) is 9.59 Å². The summed E-state index contributed by atoms with van der Waals surface area (Å²) in [5.74, 6) is -0.323. The molecule has 144 valence electrons. The number of carbonyl (C=O) groups excluding carboxylic acids is 2. The molecule has 0 aliphatic heterocycles. The number of hydrogen-bond acceptors (Lipinski definition) is 3. The predicted molar refractivity (Wildman–Crippen MR) is 112 cm³/mol. The minimum atomic E-state index is -0.508. The Morgan fingerprint density at radius 1 is 1.22 bits per heavy atom. The normalized spacial score (nSPS) is 16.7. The molecule has 1 aliphatic carbocycles. The van der Waals surface area contributed by atoms with Gasteiger partial charge < -0.3 is 11.1 Å². The number of thiophene rings is 1. The molecule has 4 nitrogen and oxygen atoms in total. The summed E-state index contributed by atoms with van der Waals surface area (Å²) >= 11 is 13.4. The molecule has 27 heavy (non-hydrogen) atoms. The number of nitrogens with one attached hydrogen (secondary N) is 1. The van der Waals surface area contributed by atoms with Gasteiger partial charge in [0.05, 0.1) is 15.6 Å². The Morgan fingerprint density at radius 2 is 1.93 bits per heavy atom. The smallest absolute Gasteiger partial charge is 0.256 e. The number of fused-ring (bicyclic) bond motifs is 1. The van der Waals surface area contributed by atoms with Gasteiger partial charge in [0.1, 0.15) is 5.00 Å². The zero-order valence-electron chi connectivity index (χ0n) is 15.5. The van der Waals surface area contributed by atoms with Crippen molar-refractivity contribution in [3.05, 3.63) is 49.8 Å². The number of anilines is 1. The molecule has 0 bridgehead atoms. The maximum atomic E-state index is 12.6. The van der Waals surface area contributed by atoms with E-state index in [0.29, 0.717) is 32.1 Å². The average Bonchev–Trinajstić information content (AvgIpc) is 2.93. The second kappa shape index (κ2) is 7.46. The van der Waals surface area contributed by atoms with Crippen LogP contribution in [0.4, 0.5) is 5.00 Å². The van der Waals surface area contributed by atoms with Gasteiger partial charge in [0.2, 0.25) is 0 Å². The molecule has 0 spiro atoms. The van der Waals surface area contributed by atoms with Crippen LogP contribution in [0.5, 0.6) is 0 Å². The van der Waals surface area contributed by atoms with Crippen LogP contribution >= 0.6 is 34.5 Å². The van der Waals surface area contributed by atoms with Crippen molar-refractivity contribution in [3.63, 3.8) is 0 Å². The Bertz CT molecular complexity index is 915. The largest absolute Gasteiger partial charge is 0.365 e. The lowest BCUT2D eigenvalue weighted by Crippen LogP contribution is -2.27. The van der Waals surface area contributed by atoms with E-state index in [0.717, 1.165) is 29.7 Å². The first kappa shape index (κ1) is 20.2. The highest BCUT2D eigenvalue weighted by Crippen LogP contribution is 2.44. The van der Waals surface area contributed by atoms with E-state index in [1.165, 1.54) is 17.4 Å². The molecule has 7 heteroatoms. The van der Waals surface area contributed by atoms with Crippen molar-refractivity contribution in [1.82, 2.24) is 0 Å². The van der Waals surface area contributed by atoms with Crippen molar-refractivity contribution in [2.45, 2.75) is 40.0 Å². The Morgan fingerprint density at radius 3 is 2.52 bits per heavy atom. The van der Waals surface area contributed by atoms with E-state index in [-0.39, 0.29) is 11.3 Å². The van der Waals surface area contributed by atoms with Crippen molar-refractivity contribution in [2.75, 3.05) is 5.32 Å². The van der Waals surface area contributed by atoms with Crippen LogP contribution in [0.15, 0.2) is 18.2 Å². The van der Waals surface area contributed by atoms with Gasteiger partial charge in [-0.25, -0.2) is 0 Å². The fourth-order valence-electron chi connectivity index (χ4n) is 3.49. The van der Waals surface area contributed by atoms with Crippen molar-refractivity contribution in [2.24, 2.45) is 17.1 Å². The number of benzene rings is 1. The molecule has 3 N–H and O–H groups in total. The first-order valence-corrected chi connectivity index (χ1v) is 10.4. The quantitative estimate of drug-likeness (QED) is 0.676. The maximum Gasteiger partial charge on any atom is 0.256 e. The van der Waals surface area contributed by atoms with Crippen LogP contribution in [0.2, 0.25) is 10.0 Å². The Balaban J connectivity index is 1.92. The third-order valence-electron chi connectivity index (χ3n) is 5.15. The summed E-state index contributed by atoms with van der Waals surface area (Å²) in [6, 6.07) is 4.67. The molecule has 2 amide bonds. The maximum absolute atomic E-state index is 12.6. The number of carbonyl (C=O) groups is 2. The van der Waals surface area contributed by atoms with Gasteiger partial charge in [0.15, 0.2) is 0 Å². The lowest BCUT2D eigenvalue weighted by atomic mass is 9.72. The van der Waals surface area contributed by atoms with Gasteiger partial charge in [0, 0.05) is 10.4 Å². The molecule has 1 unspecified atom stereocenters. The van der Waals surface area contributed by atoms with Crippen LogP contribution in [0.1, 0.15) is 58.3 Å². The summed E-state index contributed by atoms with van der Waals surface area (Å²) in [5.41, 5.74) is 7.63. The third kappa shape index (κ3) is 4.15. The second-order valence-electron chi connectivity index (χ2n) is 7.96. The molecule has 0 radical (unpaired) electrons. The SMILES string of the molecule is CC(C)(C)C1CCc2c(sc(NC(=O)c3ccc(Cl)c(Cl)c3)c2C(N)=O)C1. The zero-order chi connectivity index (χ0) is 19.9. The molecular weight excluding hydrogens is 403 g/mol. The lowest BCUT2D eigenvalue weighted by molar-refractivity contribution is 0.1000. The summed E-state index contributed by atoms with van der Waals surface area (Å²) in [6.45, 7) is 6.70. The summed E-state index contributed by atoms with van der Waals surface area (Å²) < 4.78 is 0. The van der Waals surface area contributed by atoms with Gasteiger partial charge >= 0.3 is 0 Å². The third-order valence-corrected chi connectivity index (χ3v) is 7.05. The Labute approximate surface area is 173 Å². The molecule has 2 aromatic rings. The van der Waals surface area contributed by atoms with Gasteiger partial charge in [-0.15, -0.1) is 11.3 Å². The van der Waals surface area contributed by atoms with Crippen molar-refractivity contribution < 1.29 is 9.59 Å². The molecule has 1 aromatic carbocycles. The number of hydrogen-bond donors (Lipinski definition) is 2. The summed E-state index contributed by atoms with van der Waals surface area (Å²) in [4.78, 5) is 25.9. The standard InChI is InChI=1S/C20H22Cl2N2O2S/c1-20(2,3)11-5-6-12-15(9-11)27-19(16(12)17(23)25)24-18(26)10-4-7-13(21)14(22)8-10/h4,7-8,11H,5-6,9H2,1-3H3,(H2,23,25)(H,24,26). The number of halogens is 2. The van der Waals surface area contributed by atoms with Gasteiger partial charge in [-0.05, 0) is 54.4 Å². The highest BCUT2D eigenvalue weighted by molar-refractivity contribution is 7.17. The molecule has 1 aromatic heterocycles. The zero-order valence-corrected chi connectivity index (χ0v) is 17.8. The molecular formula is C20H22Cl2N2O2S. The fraction of sp³-hybridized carbons (Fsp3) is 0.400. The Hall–Kier alpha value is -1.56. The molecule has 1 aliphatic rings. The van der Waals surface area contributed by atoms with Gasteiger partial charge in [-0.3, -0.25) is 9.59 Å². The number of primary amides is 1. The van der Waals surface area contributed by atoms with Gasteiger partial charge in [0.25, 0.3) is 11.8 Å². The minimum absolute atomic E-state index is 0.192. The summed E-state index contributed by atoms with van der Waals surface area (Å²) in [5, 5.41) is 4.04. The number of rotatable bonds is 3. The first-order valence-electron chi connectivity index (χ1n) is 8.78. The van der Waals surface area contributed by atoms with E-state index in [2.05, 4.69) is 26.1 Å². The predicted octanol–water partition coefficient (Wildman–Crippen LogP) is 5.56. The fourth-order valence-corrected chi connectivity index (χ4v) is 5.11. The minimum Gasteiger partial charge on any atom is -0.365 e. The van der Waals surface area contributed by atoms with Gasteiger partial charge in [-0.1, -0.05) is 44.0 Å². The van der Waals surface area contributed by atoms with E-state index >= 15 is 0 Å². The van der Waals surface area contributed by atoms with Crippen LogP contribution in [0.3, 0.4) is 0 Å². The lowest BCUT2D eigenvalue weighted by Gasteiger charge is -2.33. The van der Waals surface area contributed by atoms with E-state index in [4.69, 9.17) is 28.9 Å². The number of nitrogens with two attached hydrogens (primary N) is 1. The van der Waals surface area contributed by atoms with Crippen LogP contribution in [-0.4, -0.2) is 11.8 Å². The van der Waals surface area contributed by atoms with E-state index in [1.807, 2.05) is 0 Å². The van der Waals surface area contributed by atoms with Crippen LogP contribution < -0.4 is 11.1 Å².